The van der Waals surface area contributed by atoms with E-state index < -0.39 is 11.6 Å². The highest BCUT2D eigenvalue weighted by Gasteiger charge is 2.20. The van der Waals surface area contributed by atoms with Crippen LogP contribution in [0.2, 0.25) is 5.02 Å². The molecule has 3 rings (SSSR count). The number of para-hydroxylation sites is 1. The maximum Gasteiger partial charge on any atom is 0.159 e. The Hall–Kier alpha value is -2.05. The van der Waals surface area contributed by atoms with E-state index in [2.05, 4.69) is 21.0 Å². The van der Waals surface area contributed by atoms with Gasteiger partial charge in [0.25, 0.3) is 0 Å². The van der Waals surface area contributed by atoms with Crippen LogP contribution in [-0.2, 0) is 0 Å². The average molecular weight is 398 g/mol. The molecule has 0 fully saturated rings. The maximum atomic E-state index is 13.5. The smallest absolute Gasteiger partial charge is 0.159 e. The summed E-state index contributed by atoms with van der Waals surface area (Å²) in [5.41, 5.74) is 1.29. The van der Waals surface area contributed by atoms with Crippen molar-refractivity contribution >= 4 is 33.8 Å². The number of carbonyl (C=O) groups is 1. The molecule has 0 aliphatic rings. The van der Waals surface area contributed by atoms with Crippen molar-refractivity contribution in [3.05, 3.63) is 69.3 Å². The molecule has 7 heteroatoms. The van der Waals surface area contributed by atoms with Crippen molar-refractivity contribution in [3.8, 4) is 16.9 Å². The molecular weight excluding hydrogens is 390 g/mol. The highest BCUT2D eigenvalue weighted by molar-refractivity contribution is 9.10. The highest BCUT2D eigenvalue weighted by Crippen LogP contribution is 2.32. The molecule has 0 N–H and O–H groups in total. The fourth-order valence-corrected chi connectivity index (χ4v) is 2.92. The molecule has 0 amide bonds. The Balaban J connectivity index is 2.23. The second-order valence-electron chi connectivity index (χ2n) is 4.66. The first kappa shape index (κ1) is 15.8. The van der Waals surface area contributed by atoms with Gasteiger partial charge < -0.3 is 0 Å². The Morgan fingerprint density at radius 1 is 1.13 bits per heavy atom. The molecule has 0 saturated heterocycles. The van der Waals surface area contributed by atoms with Gasteiger partial charge in [-0.15, -0.1) is 0 Å². The Bertz CT molecular complexity index is 911. The molecule has 0 radical (unpaired) electrons. The minimum absolute atomic E-state index is 0.218. The van der Waals surface area contributed by atoms with Gasteiger partial charge in [-0.3, -0.25) is 4.79 Å². The molecule has 3 nitrogen and oxygen atoms in total. The van der Waals surface area contributed by atoms with E-state index in [1.165, 1.54) is 10.7 Å². The van der Waals surface area contributed by atoms with Crippen LogP contribution >= 0.6 is 27.5 Å². The molecule has 0 atom stereocenters. The topological polar surface area (TPSA) is 34.9 Å². The van der Waals surface area contributed by atoms with Crippen LogP contribution in [0.5, 0.6) is 0 Å². The second-order valence-corrected chi connectivity index (χ2v) is 5.82. The molecule has 0 aliphatic heterocycles. The quantitative estimate of drug-likeness (QED) is 0.580. The van der Waals surface area contributed by atoms with E-state index in [1.54, 1.807) is 24.3 Å². The first-order valence-electron chi connectivity index (χ1n) is 6.47. The van der Waals surface area contributed by atoms with Gasteiger partial charge in [-0.05, 0) is 46.3 Å². The molecule has 0 aliphatic carbocycles. The van der Waals surface area contributed by atoms with Gasteiger partial charge in [-0.2, -0.15) is 5.10 Å². The van der Waals surface area contributed by atoms with Crippen molar-refractivity contribution in [2.45, 2.75) is 0 Å². The third-order valence-electron chi connectivity index (χ3n) is 3.25. The van der Waals surface area contributed by atoms with Crippen molar-refractivity contribution in [2.75, 3.05) is 0 Å². The fraction of sp³-hybridized carbons (Fsp3) is 0. The van der Waals surface area contributed by atoms with Crippen LogP contribution in [0.3, 0.4) is 0 Å². The lowest BCUT2D eigenvalue weighted by Gasteiger charge is -2.05. The zero-order valence-electron chi connectivity index (χ0n) is 11.4. The Labute approximate surface area is 143 Å². The summed E-state index contributed by atoms with van der Waals surface area (Å²) in [6.45, 7) is 0. The van der Waals surface area contributed by atoms with Gasteiger partial charge in [-0.25, -0.2) is 13.5 Å². The van der Waals surface area contributed by atoms with Gasteiger partial charge in [0, 0.05) is 5.56 Å². The molecule has 0 saturated carbocycles. The Morgan fingerprint density at radius 2 is 1.87 bits per heavy atom. The number of aldehydes is 1. The van der Waals surface area contributed by atoms with Crippen LogP contribution in [0.15, 0.2) is 47.1 Å². The van der Waals surface area contributed by atoms with Crippen LogP contribution in [0.4, 0.5) is 8.78 Å². The molecule has 1 heterocycles. The minimum Gasteiger partial charge on any atom is -0.298 e. The van der Waals surface area contributed by atoms with E-state index in [-0.39, 0.29) is 16.8 Å². The molecule has 1 aromatic heterocycles. The number of rotatable bonds is 3. The van der Waals surface area contributed by atoms with E-state index in [9.17, 15) is 13.6 Å². The molecule has 0 spiro atoms. The summed E-state index contributed by atoms with van der Waals surface area (Å²) in [6, 6.07) is 10.3. The number of nitrogens with zero attached hydrogens (tertiary/aromatic N) is 2. The third kappa shape index (κ3) is 2.80. The third-order valence-corrected chi connectivity index (χ3v) is 4.34. The summed E-state index contributed by atoms with van der Waals surface area (Å²) in [7, 11) is 0. The van der Waals surface area contributed by atoms with Crippen molar-refractivity contribution < 1.29 is 13.6 Å². The number of hydrogen-bond acceptors (Lipinski definition) is 2. The first-order chi connectivity index (χ1) is 11.0. The zero-order chi connectivity index (χ0) is 16.6. The number of halogens is 4. The standard InChI is InChI=1S/C16H8BrClF2N2O/c17-16-10(8-23)15(9-5-6-12(19)13(20)7-9)21-22(16)14-4-2-1-3-11(14)18/h1-8H. The van der Waals surface area contributed by atoms with Gasteiger partial charge in [-0.1, -0.05) is 23.7 Å². The van der Waals surface area contributed by atoms with E-state index in [0.29, 0.717) is 21.6 Å². The summed E-state index contributed by atoms with van der Waals surface area (Å²) in [6.07, 6.45) is 0.598. The summed E-state index contributed by atoms with van der Waals surface area (Å²) in [5.74, 6) is -1.98. The lowest BCUT2D eigenvalue weighted by atomic mass is 10.1. The molecule has 0 unspecified atom stereocenters. The maximum absolute atomic E-state index is 13.5. The fourth-order valence-electron chi connectivity index (χ4n) is 2.15. The largest absolute Gasteiger partial charge is 0.298 e. The van der Waals surface area contributed by atoms with Crippen LogP contribution in [-0.4, -0.2) is 16.1 Å². The van der Waals surface area contributed by atoms with E-state index in [1.807, 2.05) is 0 Å². The number of hydrogen-bond donors (Lipinski definition) is 0. The average Bonchev–Trinajstić information content (AvgIpc) is 2.87. The van der Waals surface area contributed by atoms with Crippen molar-refractivity contribution in [1.29, 1.82) is 0 Å². The summed E-state index contributed by atoms with van der Waals surface area (Å²) >= 11 is 9.45. The highest BCUT2D eigenvalue weighted by atomic mass is 79.9. The molecular formula is C16H8BrClF2N2O. The second kappa shape index (κ2) is 6.22. The summed E-state index contributed by atoms with van der Waals surface area (Å²) in [4.78, 5) is 11.4. The van der Waals surface area contributed by atoms with Crippen molar-refractivity contribution in [1.82, 2.24) is 9.78 Å². The first-order valence-corrected chi connectivity index (χ1v) is 7.64. The summed E-state index contributed by atoms with van der Waals surface area (Å²) < 4.78 is 28.4. The molecule has 2 aromatic carbocycles. The molecule has 3 aromatic rings. The predicted octanol–water partition coefficient (Wildman–Crippen LogP) is 5.05. The minimum atomic E-state index is -1.01. The Morgan fingerprint density at radius 3 is 2.52 bits per heavy atom. The van der Waals surface area contributed by atoms with E-state index in [0.717, 1.165) is 12.1 Å². The van der Waals surface area contributed by atoms with Crippen LogP contribution < -0.4 is 0 Å². The van der Waals surface area contributed by atoms with Gasteiger partial charge >= 0.3 is 0 Å². The molecule has 23 heavy (non-hydrogen) atoms. The van der Waals surface area contributed by atoms with Gasteiger partial charge in [0.05, 0.1) is 16.3 Å². The lowest BCUT2D eigenvalue weighted by molar-refractivity contribution is 0.112. The van der Waals surface area contributed by atoms with Crippen molar-refractivity contribution in [3.63, 3.8) is 0 Å². The van der Waals surface area contributed by atoms with Gasteiger partial charge in [0.15, 0.2) is 17.9 Å². The van der Waals surface area contributed by atoms with Crippen LogP contribution in [0, 0.1) is 11.6 Å². The zero-order valence-corrected chi connectivity index (χ0v) is 13.8. The Kier molecular flexibility index (Phi) is 4.28. The SMILES string of the molecule is O=Cc1c(-c2ccc(F)c(F)c2)nn(-c2ccccc2Cl)c1Br. The van der Waals surface area contributed by atoms with Crippen molar-refractivity contribution in [2.24, 2.45) is 0 Å². The number of aromatic nitrogens is 2. The lowest BCUT2D eigenvalue weighted by Crippen LogP contribution is -1.98. The normalized spacial score (nSPS) is 10.8. The van der Waals surface area contributed by atoms with E-state index >= 15 is 0 Å². The predicted molar refractivity (Wildman–Crippen MR) is 87.0 cm³/mol. The van der Waals surface area contributed by atoms with E-state index in [4.69, 9.17) is 11.6 Å². The van der Waals surface area contributed by atoms with Crippen LogP contribution in [0.25, 0.3) is 16.9 Å². The number of benzene rings is 2. The number of carbonyl (C=O) groups excluding carboxylic acids is 1. The summed E-state index contributed by atoms with van der Waals surface area (Å²) in [5, 5.41) is 4.75. The monoisotopic (exact) mass is 396 g/mol. The molecule has 116 valence electrons. The van der Waals surface area contributed by atoms with Gasteiger partial charge in [0.2, 0.25) is 0 Å². The van der Waals surface area contributed by atoms with Crippen LogP contribution in [0.1, 0.15) is 10.4 Å². The van der Waals surface area contributed by atoms with Gasteiger partial charge in [0.1, 0.15) is 10.3 Å². The molecule has 0 bridgehead atoms.